The number of nitriles is 1. The van der Waals surface area contributed by atoms with Crippen molar-refractivity contribution in [2.75, 3.05) is 7.11 Å². The first-order chi connectivity index (χ1) is 15.0. The van der Waals surface area contributed by atoms with E-state index < -0.39 is 4.92 Å². The highest BCUT2D eigenvalue weighted by Gasteiger charge is 2.19. The molecule has 0 aliphatic heterocycles. The van der Waals surface area contributed by atoms with Gasteiger partial charge in [0.2, 0.25) is 0 Å². The highest BCUT2D eigenvalue weighted by Crippen LogP contribution is 2.30. The summed E-state index contributed by atoms with van der Waals surface area (Å²) in [6.07, 6.45) is 5.59. The molecular weight excluding hydrogens is 398 g/mol. The Morgan fingerprint density at radius 1 is 1.23 bits per heavy atom. The SMILES string of the molecule is COc1cc(/C=C(/C#N)C(=O)NC2CCCC2)ccc1OCc1ccc([N+](=O)[O-])cc1. The average Bonchev–Trinajstić information content (AvgIpc) is 3.29. The summed E-state index contributed by atoms with van der Waals surface area (Å²) in [5, 5.41) is 23.1. The van der Waals surface area contributed by atoms with Crippen molar-refractivity contribution in [1.82, 2.24) is 5.32 Å². The van der Waals surface area contributed by atoms with Gasteiger partial charge in [0.25, 0.3) is 11.6 Å². The van der Waals surface area contributed by atoms with E-state index in [0.717, 1.165) is 31.2 Å². The topological polar surface area (TPSA) is 114 Å². The van der Waals surface area contributed by atoms with Gasteiger partial charge in [-0.3, -0.25) is 14.9 Å². The first-order valence-corrected chi connectivity index (χ1v) is 9.97. The molecule has 1 aliphatic rings. The summed E-state index contributed by atoms with van der Waals surface area (Å²) < 4.78 is 11.2. The van der Waals surface area contributed by atoms with Crippen molar-refractivity contribution in [3.63, 3.8) is 0 Å². The van der Waals surface area contributed by atoms with Crippen molar-refractivity contribution in [2.45, 2.75) is 38.3 Å². The van der Waals surface area contributed by atoms with Gasteiger partial charge in [-0.05, 0) is 54.3 Å². The molecule has 2 aromatic rings. The molecule has 1 amide bonds. The predicted octanol–water partition coefficient (Wildman–Crippen LogP) is 4.15. The molecule has 8 heteroatoms. The zero-order valence-corrected chi connectivity index (χ0v) is 17.2. The largest absolute Gasteiger partial charge is 0.493 e. The van der Waals surface area contributed by atoms with Crippen molar-refractivity contribution in [3.05, 3.63) is 69.3 Å². The van der Waals surface area contributed by atoms with E-state index in [2.05, 4.69) is 5.32 Å². The monoisotopic (exact) mass is 421 g/mol. The van der Waals surface area contributed by atoms with Gasteiger partial charge in [-0.15, -0.1) is 0 Å². The Morgan fingerprint density at radius 3 is 2.55 bits per heavy atom. The molecule has 2 aromatic carbocycles. The van der Waals surface area contributed by atoms with Crippen LogP contribution in [0.25, 0.3) is 6.08 Å². The van der Waals surface area contributed by atoms with E-state index in [4.69, 9.17) is 9.47 Å². The number of hydrogen-bond acceptors (Lipinski definition) is 6. The number of nitrogens with one attached hydrogen (secondary N) is 1. The lowest BCUT2D eigenvalue weighted by atomic mass is 10.1. The number of nitro groups is 1. The van der Waals surface area contributed by atoms with Gasteiger partial charge >= 0.3 is 0 Å². The maximum Gasteiger partial charge on any atom is 0.269 e. The van der Waals surface area contributed by atoms with E-state index in [-0.39, 0.29) is 29.8 Å². The molecule has 160 valence electrons. The molecule has 0 unspecified atom stereocenters. The number of nitro benzene ring substituents is 1. The quantitative estimate of drug-likeness (QED) is 0.296. The summed E-state index contributed by atoms with van der Waals surface area (Å²) in [6, 6.07) is 13.3. The molecule has 0 atom stereocenters. The van der Waals surface area contributed by atoms with Gasteiger partial charge in [-0.1, -0.05) is 18.9 Å². The molecule has 0 spiro atoms. The van der Waals surface area contributed by atoms with Gasteiger partial charge in [0.15, 0.2) is 11.5 Å². The minimum absolute atomic E-state index is 0.0164. The van der Waals surface area contributed by atoms with Crippen LogP contribution in [0, 0.1) is 21.4 Å². The van der Waals surface area contributed by atoms with Gasteiger partial charge in [0, 0.05) is 18.2 Å². The second-order valence-corrected chi connectivity index (χ2v) is 7.25. The van der Waals surface area contributed by atoms with Crippen LogP contribution in [-0.2, 0) is 11.4 Å². The molecule has 0 radical (unpaired) electrons. The molecule has 1 fully saturated rings. The van der Waals surface area contributed by atoms with Gasteiger partial charge in [0.05, 0.1) is 12.0 Å². The van der Waals surface area contributed by atoms with Crippen LogP contribution in [0.1, 0.15) is 36.8 Å². The molecule has 31 heavy (non-hydrogen) atoms. The predicted molar refractivity (Wildman–Crippen MR) is 114 cm³/mol. The van der Waals surface area contributed by atoms with Crippen LogP contribution in [0.3, 0.4) is 0 Å². The molecular formula is C23H23N3O5. The Labute approximate surface area is 180 Å². The number of nitrogens with zero attached hydrogens (tertiary/aromatic N) is 2. The summed E-state index contributed by atoms with van der Waals surface area (Å²) >= 11 is 0. The lowest BCUT2D eigenvalue weighted by Gasteiger charge is -2.12. The lowest BCUT2D eigenvalue weighted by molar-refractivity contribution is -0.384. The number of benzene rings is 2. The van der Waals surface area contributed by atoms with E-state index in [1.807, 2.05) is 6.07 Å². The number of carbonyl (C=O) groups excluding carboxylic acids is 1. The van der Waals surface area contributed by atoms with E-state index in [0.29, 0.717) is 17.1 Å². The highest BCUT2D eigenvalue weighted by atomic mass is 16.6. The fraction of sp³-hybridized carbons (Fsp3) is 0.304. The Hall–Kier alpha value is -3.86. The van der Waals surface area contributed by atoms with Crippen molar-refractivity contribution in [2.24, 2.45) is 0 Å². The molecule has 3 rings (SSSR count). The van der Waals surface area contributed by atoms with Gasteiger partial charge < -0.3 is 14.8 Å². The van der Waals surface area contributed by atoms with E-state index in [1.54, 1.807) is 30.3 Å². The van der Waals surface area contributed by atoms with E-state index in [9.17, 15) is 20.2 Å². The standard InChI is InChI=1S/C23H23N3O5/c1-30-22-13-17(12-18(14-24)23(27)25-19-4-2-3-5-19)8-11-21(22)31-15-16-6-9-20(10-7-16)26(28)29/h6-13,19H,2-5,15H2,1H3,(H,25,27)/b18-12-. The van der Waals surface area contributed by atoms with Crippen LogP contribution in [0.2, 0.25) is 0 Å². The molecule has 0 aromatic heterocycles. The summed E-state index contributed by atoms with van der Waals surface area (Å²) in [7, 11) is 1.50. The number of hydrogen-bond donors (Lipinski definition) is 1. The first kappa shape index (κ1) is 21.8. The third-order valence-electron chi connectivity index (χ3n) is 5.10. The lowest BCUT2D eigenvalue weighted by Crippen LogP contribution is -2.33. The van der Waals surface area contributed by atoms with Gasteiger partial charge in [-0.25, -0.2) is 0 Å². The van der Waals surface area contributed by atoms with Crippen LogP contribution >= 0.6 is 0 Å². The van der Waals surface area contributed by atoms with E-state index >= 15 is 0 Å². The first-order valence-electron chi connectivity index (χ1n) is 9.97. The molecule has 1 N–H and O–H groups in total. The molecule has 0 bridgehead atoms. The highest BCUT2D eigenvalue weighted by molar-refractivity contribution is 6.01. The van der Waals surface area contributed by atoms with E-state index in [1.165, 1.54) is 25.3 Å². The third-order valence-corrected chi connectivity index (χ3v) is 5.10. The molecule has 8 nitrogen and oxygen atoms in total. The number of methoxy groups -OCH3 is 1. The summed E-state index contributed by atoms with van der Waals surface area (Å²) in [4.78, 5) is 22.7. The van der Waals surface area contributed by atoms with Crippen LogP contribution in [0.5, 0.6) is 11.5 Å². The van der Waals surface area contributed by atoms with Crippen molar-refractivity contribution >= 4 is 17.7 Å². The van der Waals surface area contributed by atoms with Crippen LogP contribution in [0.4, 0.5) is 5.69 Å². The van der Waals surface area contributed by atoms with Crippen LogP contribution in [0.15, 0.2) is 48.0 Å². The summed E-state index contributed by atoms with van der Waals surface area (Å²) in [5.74, 6) is 0.558. The smallest absolute Gasteiger partial charge is 0.269 e. The number of non-ortho nitro benzene ring substituents is 1. The second-order valence-electron chi connectivity index (χ2n) is 7.25. The number of carbonyl (C=O) groups is 1. The van der Waals surface area contributed by atoms with Crippen LogP contribution < -0.4 is 14.8 Å². The van der Waals surface area contributed by atoms with Crippen molar-refractivity contribution < 1.29 is 19.2 Å². The zero-order valence-electron chi connectivity index (χ0n) is 17.2. The fourth-order valence-corrected chi connectivity index (χ4v) is 3.42. The fourth-order valence-electron chi connectivity index (χ4n) is 3.42. The number of amides is 1. The second kappa shape index (κ2) is 10.3. The minimum Gasteiger partial charge on any atom is -0.493 e. The maximum absolute atomic E-state index is 12.4. The Balaban J connectivity index is 1.69. The maximum atomic E-state index is 12.4. The third kappa shape index (κ3) is 5.82. The zero-order chi connectivity index (χ0) is 22.2. The van der Waals surface area contributed by atoms with Gasteiger partial charge in [-0.2, -0.15) is 5.26 Å². The van der Waals surface area contributed by atoms with Crippen molar-refractivity contribution in [1.29, 1.82) is 5.26 Å². The molecule has 0 saturated heterocycles. The average molecular weight is 421 g/mol. The molecule has 1 saturated carbocycles. The molecule has 1 aliphatic carbocycles. The normalized spacial score (nSPS) is 14.0. The van der Waals surface area contributed by atoms with Crippen LogP contribution in [-0.4, -0.2) is 24.0 Å². The minimum atomic E-state index is -0.455. The summed E-state index contributed by atoms with van der Waals surface area (Å²) in [5.41, 5.74) is 1.46. The Morgan fingerprint density at radius 2 is 1.94 bits per heavy atom. The number of ether oxygens (including phenoxy) is 2. The van der Waals surface area contributed by atoms with Crippen molar-refractivity contribution in [3.8, 4) is 17.6 Å². The van der Waals surface area contributed by atoms with Gasteiger partial charge in [0.1, 0.15) is 18.2 Å². The Kier molecular flexibility index (Phi) is 7.22. The Bertz CT molecular complexity index is 1020. The number of rotatable bonds is 8. The summed E-state index contributed by atoms with van der Waals surface area (Å²) in [6.45, 7) is 0.205. The molecule has 0 heterocycles.